The summed E-state index contributed by atoms with van der Waals surface area (Å²) in [6.07, 6.45) is 10.3. The van der Waals surface area contributed by atoms with Crippen molar-refractivity contribution in [3.05, 3.63) is 36.4 Å². The molecule has 0 N–H and O–H groups in total. The summed E-state index contributed by atoms with van der Waals surface area (Å²) >= 11 is 0. The number of terminal acetylenes is 2. The van der Waals surface area contributed by atoms with Gasteiger partial charge < -0.3 is 9.47 Å². The standard InChI is InChI=1S/C16H12O2/c1-3-9-17-15-7-5-13-6-8-16(18-10-4-2)12-14(13)11-15/h1-2,5-8,11-12H,9-10H2. The van der Waals surface area contributed by atoms with E-state index in [9.17, 15) is 0 Å². The molecule has 18 heavy (non-hydrogen) atoms. The highest BCUT2D eigenvalue weighted by Crippen LogP contribution is 2.25. The van der Waals surface area contributed by atoms with Crippen molar-refractivity contribution < 1.29 is 9.47 Å². The van der Waals surface area contributed by atoms with Crippen molar-refractivity contribution in [3.63, 3.8) is 0 Å². The summed E-state index contributed by atoms with van der Waals surface area (Å²) in [6.45, 7) is 0.525. The lowest BCUT2D eigenvalue weighted by Crippen LogP contribution is -1.94. The number of rotatable bonds is 4. The Morgan fingerprint density at radius 2 is 1.28 bits per heavy atom. The zero-order valence-corrected chi connectivity index (χ0v) is 9.85. The number of ether oxygens (including phenoxy) is 2. The van der Waals surface area contributed by atoms with E-state index in [0.29, 0.717) is 0 Å². The molecule has 0 bridgehead atoms. The van der Waals surface area contributed by atoms with Gasteiger partial charge in [0.25, 0.3) is 0 Å². The SMILES string of the molecule is C#CCOc1ccc2ccc(OCC#C)cc2c1. The maximum absolute atomic E-state index is 5.37. The average Bonchev–Trinajstić information content (AvgIpc) is 2.42. The fourth-order valence-electron chi connectivity index (χ4n) is 1.63. The molecule has 2 nitrogen and oxygen atoms in total. The molecule has 2 rings (SSSR count). The molecule has 0 aliphatic heterocycles. The first-order valence-corrected chi connectivity index (χ1v) is 5.50. The Bertz CT molecular complexity index is 577. The molecular formula is C16H12O2. The topological polar surface area (TPSA) is 18.5 Å². The summed E-state index contributed by atoms with van der Waals surface area (Å²) in [5, 5.41) is 2.13. The molecule has 0 aromatic heterocycles. The zero-order chi connectivity index (χ0) is 12.8. The molecule has 0 aliphatic carbocycles. The minimum atomic E-state index is 0.263. The lowest BCUT2D eigenvalue weighted by molar-refractivity contribution is 0.369. The van der Waals surface area contributed by atoms with Crippen molar-refractivity contribution in [2.45, 2.75) is 0 Å². The summed E-state index contributed by atoms with van der Waals surface area (Å²) in [5.74, 6) is 6.36. The molecule has 0 fully saturated rings. The van der Waals surface area contributed by atoms with Crippen LogP contribution < -0.4 is 9.47 Å². The number of hydrogen-bond donors (Lipinski definition) is 0. The van der Waals surface area contributed by atoms with Crippen LogP contribution in [0.5, 0.6) is 11.5 Å². The monoisotopic (exact) mass is 236 g/mol. The van der Waals surface area contributed by atoms with Gasteiger partial charge in [-0.05, 0) is 35.0 Å². The first kappa shape index (κ1) is 11.9. The Morgan fingerprint density at radius 3 is 1.72 bits per heavy atom. The summed E-state index contributed by atoms with van der Waals surface area (Å²) < 4.78 is 10.7. The van der Waals surface area contributed by atoms with Crippen LogP contribution in [0.3, 0.4) is 0 Å². The molecule has 0 aliphatic rings. The van der Waals surface area contributed by atoms with Gasteiger partial charge in [0.2, 0.25) is 0 Å². The first-order chi connectivity index (χ1) is 8.83. The quantitative estimate of drug-likeness (QED) is 0.760. The molecular weight excluding hydrogens is 224 g/mol. The van der Waals surface area contributed by atoms with E-state index >= 15 is 0 Å². The maximum atomic E-state index is 5.37. The molecule has 0 saturated carbocycles. The maximum Gasteiger partial charge on any atom is 0.148 e. The van der Waals surface area contributed by atoms with E-state index in [-0.39, 0.29) is 13.2 Å². The van der Waals surface area contributed by atoms with Crippen LogP contribution in [0.1, 0.15) is 0 Å². The largest absolute Gasteiger partial charge is 0.481 e. The summed E-state index contributed by atoms with van der Waals surface area (Å²) in [7, 11) is 0. The van der Waals surface area contributed by atoms with Gasteiger partial charge in [0.15, 0.2) is 0 Å². The number of benzene rings is 2. The van der Waals surface area contributed by atoms with Crippen LogP contribution in [0.2, 0.25) is 0 Å². The predicted octanol–water partition coefficient (Wildman–Crippen LogP) is 2.86. The summed E-state index contributed by atoms with van der Waals surface area (Å²) in [6, 6.07) is 11.6. The van der Waals surface area contributed by atoms with Crippen LogP contribution in [0.4, 0.5) is 0 Å². The third-order valence-electron chi connectivity index (χ3n) is 2.43. The van der Waals surface area contributed by atoms with Gasteiger partial charge in [-0.25, -0.2) is 0 Å². The minimum absolute atomic E-state index is 0.263. The van der Waals surface area contributed by atoms with E-state index in [0.717, 1.165) is 22.3 Å². The predicted molar refractivity (Wildman–Crippen MR) is 72.6 cm³/mol. The van der Waals surface area contributed by atoms with E-state index in [1.165, 1.54) is 0 Å². The van der Waals surface area contributed by atoms with Gasteiger partial charge in [-0.1, -0.05) is 24.0 Å². The van der Waals surface area contributed by atoms with Gasteiger partial charge in [0.05, 0.1) is 0 Å². The van der Waals surface area contributed by atoms with Crippen LogP contribution in [-0.4, -0.2) is 13.2 Å². The Morgan fingerprint density at radius 1 is 0.778 bits per heavy atom. The summed E-state index contributed by atoms with van der Waals surface area (Å²) in [5.41, 5.74) is 0. The van der Waals surface area contributed by atoms with E-state index < -0.39 is 0 Å². The molecule has 0 atom stereocenters. The van der Waals surface area contributed by atoms with Crippen molar-refractivity contribution in [3.8, 4) is 36.2 Å². The van der Waals surface area contributed by atoms with Gasteiger partial charge in [-0.3, -0.25) is 0 Å². The van der Waals surface area contributed by atoms with Crippen LogP contribution in [0.25, 0.3) is 10.8 Å². The van der Waals surface area contributed by atoms with Crippen LogP contribution >= 0.6 is 0 Å². The van der Waals surface area contributed by atoms with Crippen molar-refractivity contribution in [1.82, 2.24) is 0 Å². The van der Waals surface area contributed by atoms with Gasteiger partial charge >= 0.3 is 0 Å². The molecule has 2 aromatic rings. The molecule has 2 heteroatoms. The lowest BCUT2D eigenvalue weighted by Gasteiger charge is -2.06. The third-order valence-corrected chi connectivity index (χ3v) is 2.43. The Balaban J connectivity index is 2.29. The zero-order valence-electron chi connectivity index (χ0n) is 9.85. The molecule has 0 radical (unpaired) electrons. The number of hydrogen-bond acceptors (Lipinski definition) is 2. The normalized spacial score (nSPS) is 9.44. The molecule has 0 unspecified atom stereocenters. The summed E-state index contributed by atoms with van der Waals surface area (Å²) in [4.78, 5) is 0. The second kappa shape index (κ2) is 5.66. The van der Waals surface area contributed by atoms with E-state index in [1.54, 1.807) is 0 Å². The minimum Gasteiger partial charge on any atom is -0.481 e. The molecule has 0 heterocycles. The highest BCUT2D eigenvalue weighted by molar-refractivity contribution is 5.85. The second-order valence-corrected chi connectivity index (χ2v) is 3.66. The Hall–Kier alpha value is -2.58. The van der Waals surface area contributed by atoms with Crippen LogP contribution in [0.15, 0.2) is 36.4 Å². The molecule has 2 aromatic carbocycles. The van der Waals surface area contributed by atoms with Gasteiger partial charge in [0, 0.05) is 0 Å². The van der Waals surface area contributed by atoms with Crippen LogP contribution in [-0.2, 0) is 0 Å². The van der Waals surface area contributed by atoms with E-state index in [2.05, 4.69) is 11.8 Å². The number of fused-ring (bicyclic) bond motifs is 1. The van der Waals surface area contributed by atoms with Crippen molar-refractivity contribution >= 4 is 10.8 Å². The highest BCUT2D eigenvalue weighted by atomic mass is 16.5. The average molecular weight is 236 g/mol. The van der Waals surface area contributed by atoms with Gasteiger partial charge in [0.1, 0.15) is 24.7 Å². The smallest absolute Gasteiger partial charge is 0.148 e. The molecule has 0 saturated heterocycles. The Kier molecular flexibility index (Phi) is 3.74. The van der Waals surface area contributed by atoms with Crippen LogP contribution in [0, 0.1) is 24.7 Å². The fraction of sp³-hybridized carbons (Fsp3) is 0.125. The second-order valence-electron chi connectivity index (χ2n) is 3.66. The highest BCUT2D eigenvalue weighted by Gasteiger charge is 1.99. The van der Waals surface area contributed by atoms with Crippen molar-refractivity contribution in [2.75, 3.05) is 13.2 Å². The fourth-order valence-corrected chi connectivity index (χ4v) is 1.63. The third kappa shape index (κ3) is 2.75. The lowest BCUT2D eigenvalue weighted by atomic mass is 10.1. The van der Waals surface area contributed by atoms with E-state index in [1.807, 2.05) is 36.4 Å². The van der Waals surface area contributed by atoms with Crippen molar-refractivity contribution in [1.29, 1.82) is 0 Å². The van der Waals surface area contributed by atoms with Gasteiger partial charge in [-0.2, -0.15) is 0 Å². The molecule has 0 amide bonds. The molecule has 88 valence electrons. The Labute approximate surface area is 107 Å². The van der Waals surface area contributed by atoms with Gasteiger partial charge in [-0.15, -0.1) is 12.8 Å². The van der Waals surface area contributed by atoms with Crippen molar-refractivity contribution in [2.24, 2.45) is 0 Å². The first-order valence-electron chi connectivity index (χ1n) is 5.50. The van der Waals surface area contributed by atoms with E-state index in [4.69, 9.17) is 22.3 Å². The molecule has 0 spiro atoms.